The van der Waals surface area contributed by atoms with Crippen molar-refractivity contribution in [3.63, 3.8) is 0 Å². The fourth-order valence-electron chi connectivity index (χ4n) is 5.49. The van der Waals surface area contributed by atoms with E-state index in [0.29, 0.717) is 43.9 Å². The first-order chi connectivity index (χ1) is 17.4. The topological polar surface area (TPSA) is 65.1 Å². The van der Waals surface area contributed by atoms with E-state index < -0.39 is 5.72 Å². The Bertz CT molecular complexity index is 1320. The number of ether oxygens (including phenoxy) is 1. The van der Waals surface area contributed by atoms with Gasteiger partial charge >= 0.3 is 6.03 Å². The zero-order valence-electron chi connectivity index (χ0n) is 20.0. The van der Waals surface area contributed by atoms with Gasteiger partial charge in [-0.15, -0.1) is 0 Å². The summed E-state index contributed by atoms with van der Waals surface area (Å²) in [7, 11) is 0. The Morgan fingerprint density at radius 2 is 1.72 bits per heavy atom. The van der Waals surface area contributed by atoms with Crippen LogP contribution in [-0.4, -0.2) is 48.7 Å². The molecule has 2 saturated heterocycles. The quantitative estimate of drug-likeness (QED) is 0.590. The van der Waals surface area contributed by atoms with E-state index >= 15 is 0 Å². The van der Waals surface area contributed by atoms with Crippen molar-refractivity contribution in [2.24, 2.45) is 0 Å². The lowest BCUT2D eigenvalue weighted by molar-refractivity contribution is 0.0378. The monoisotopic (exact) mass is 486 g/mol. The van der Waals surface area contributed by atoms with Gasteiger partial charge in [-0.1, -0.05) is 24.3 Å². The highest BCUT2D eigenvalue weighted by molar-refractivity contribution is 5.99. The van der Waals surface area contributed by atoms with Gasteiger partial charge < -0.3 is 19.9 Å². The number of nitrogens with zero attached hydrogens (tertiary/aromatic N) is 3. The summed E-state index contributed by atoms with van der Waals surface area (Å²) in [5, 5.41) is 3.10. The first kappa shape index (κ1) is 22.4. The van der Waals surface area contributed by atoms with Crippen molar-refractivity contribution in [1.82, 2.24) is 10.2 Å². The summed E-state index contributed by atoms with van der Waals surface area (Å²) in [4.78, 5) is 32.2. The van der Waals surface area contributed by atoms with Crippen molar-refractivity contribution < 1.29 is 18.7 Å². The molecule has 1 N–H and O–H groups in total. The second kappa shape index (κ2) is 8.55. The molecule has 2 fully saturated rings. The number of hydrogen-bond donors (Lipinski definition) is 1. The lowest BCUT2D eigenvalue weighted by Gasteiger charge is -2.50. The largest absolute Gasteiger partial charge is 0.467 e. The van der Waals surface area contributed by atoms with Crippen LogP contribution in [0.1, 0.15) is 35.3 Å². The van der Waals surface area contributed by atoms with E-state index in [4.69, 9.17) is 4.74 Å². The molecular weight excluding hydrogens is 459 g/mol. The van der Waals surface area contributed by atoms with E-state index in [2.05, 4.69) is 10.2 Å². The standard InChI is InChI=1S/C28H27FN4O3/c1-28-18-24(23-7-2-3-8-25(23)36-28)30-27(35)33(28)22-6-4-5-19(17-22)26(34)32-15-13-31(14-16-32)21-11-9-20(29)10-12-21/h2-12,17,24H,13-16,18H2,1H3,(H,30,35)/t24-,28-/m0/s1. The molecule has 3 amide bonds. The highest BCUT2D eigenvalue weighted by atomic mass is 19.1. The van der Waals surface area contributed by atoms with Crippen LogP contribution in [0.3, 0.4) is 0 Å². The lowest BCUT2D eigenvalue weighted by Crippen LogP contribution is -2.65. The van der Waals surface area contributed by atoms with Gasteiger partial charge in [-0.05, 0) is 55.5 Å². The van der Waals surface area contributed by atoms with E-state index in [1.54, 1.807) is 35.2 Å². The second-order valence-electron chi connectivity index (χ2n) is 9.66. The van der Waals surface area contributed by atoms with Crippen LogP contribution < -0.4 is 19.9 Å². The number of rotatable bonds is 3. The Labute approximate surface area is 209 Å². The molecule has 3 aromatic rings. The lowest BCUT2D eigenvalue weighted by atomic mass is 9.90. The third-order valence-corrected chi connectivity index (χ3v) is 7.29. The van der Waals surface area contributed by atoms with Gasteiger partial charge in [0.15, 0.2) is 5.72 Å². The predicted octanol–water partition coefficient (Wildman–Crippen LogP) is 4.56. The Kier molecular flexibility index (Phi) is 5.32. The van der Waals surface area contributed by atoms with Crippen molar-refractivity contribution in [2.75, 3.05) is 36.0 Å². The first-order valence-electron chi connectivity index (χ1n) is 12.2. The number of halogens is 1. The van der Waals surface area contributed by atoms with Crippen molar-refractivity contribution >= 4 is 23.3 Å². The van der Waals surface area contributed by atoms with E-state index in [0.717, 1.165) is 17.0 Å². The Morgan fingerprint density at radius 1 is 0.972 bits per heavy atom. The molecule has 2 bridgehead atoms. The van der Waals surface area contributed by atoms with Crippen LogP contribution in [0.4, 0.5) is 20.6 Å². The number of carbonyl (C=O) groups is 2. The number of hydrogen-bond acceptors (Lipinski definition) is 4. The van der Waals surface area contributed by atoms with Crippen molar-refractivity contribution in [3.8, 4) is 5.75 Å². The van der Waals surface area contributed by atoms with Gasteiger partial charge in [0.05, 0.1) is 11.7 Å². The summed E-state index contributed by atoms with van der Waals surface area (Å²) >= 11 is 0. The molecule has 36 heavy (non-hydrogen) atoms. The molecular formula is C28H27FN4O3. The summed E-state index contributed by atoms with van der Waals surface area (Å²) in [5.41, 5.74) is 2.19. The highest BCUT2D eigenvalue weighted by Crippen LogP contribution is 2.45. The zero-order chi connectivity index (χ0) is 24.9. The van der Waals surface area contributed by atoms with Gasteiger partial charge in [-0.2, -0.15) is 0 Å². The summed E-state index contributed by atoms with van der Waals surface area (Å²) in [6.45, 7) is 4.36. The summed E-state index contributed by atoms with van der Waals surface area (Å²) in [5.74, 6) is 0.417. The molecule has 6 rings (SSSR count). The van der Waals surface area contributed by atoms with Gasteiger partial charge in [0, 0.05) is 49.4 Å². The summed E-state index contributed by atoms with van der Waals surface area (Å²) in [6.07, 6.45) is 0.597. The van der Waals surface area contributed by atoms with Crippen LogP contribution in [0.2, 0.25) is 0 Å². The molecule has 8 heteroatoms. The van der Waals surface area contributed by atoms with Gasteiger partial charge in [0.1, 0.15) is 11.6 Å². The number of urea groups is 1. The molecule has 0 saturated carbocycles. The maximum atomic E-state index is 13.4. The van der Waals surface area contributed by atoms with Crippen molar-refractivity contribution in [1.29, 1.82) is 0 Å². The average Bonchev–Trinajstić information content (AvgIpc) is 2.88. The number of fused-ring (bicyclic) bond motifs is 4. The number of amides is 3. The summed E-state index contributed by atoms with van der Waals surface area (Å²) < 4.78 is 19.6. The summed E-state index contributed by atoms with van der Waals surface area (Å²) in [6, 6.07) is 21.0. The highest BCUT2D eigenvalue weighted by Gasteiger charge is 2.49. The van der Waals surface area contributed by atoms with Gasteiger partial charge in [0.2, 0.25) is 0 Å². The fraction of sp³-hybridized carbons (Fsp3) is 0.286. The Balaban J connectivity index is 1.20. The Morgan fingerprint density at radius 3 is 2.50 bits per heavy atom. The average molecular weight is 487 g/mol. The van der Waals surface area contributed by atoms with Crippen LogP contribution in [-0.2, 0) is 0 Å². The van der Waals surface area contributed by atoms with Crippen LogP contribution >= 0.6 is 0 Å². The molecule has 7 nitrogen and oxygen atoms in total. The second-order valence-corrected chi connectivity index (χ2v) is 9.66. The molecule has 3 heterocycles. The first-order valence-corrected chi connectivity index (χ1v) is 12.2. The van der Waals surface area contributed by atoms with E-state index in [-0.39, 0.29) is 23.8 Å². The van der Waals surface area contributed by atoms with Crippen LogP contribution in [0.15, 0.2) is 72.8 Å². The predicted molar refractivity (Wildman–Crippen MR) is 135 cm³/mol. The maximum Gasteiger partial charge on any atom is 0.325 e. The fourth-order valence-corrected chi connectivity index (χ4v) is 5.49. The van der Waals surface area contributed by atoms with Crippen LogP contribution in [0.5, 0.6) is 5.75 Å². The van der Waals surface area contributed by atoms with E-state index in [1.165, 1.54) is 12.1 Å². The molecule has 2 atom stereocenters. The molecule has 0 radical (unpaired) electrons. The number of piperazine rings is 1. The molecule has 0 unspecified atom stereocenters. The van der Waals surface area contributed by atoms with Gasteiger partial charge in [-0.25, -0.2) is 9.18 Å². The zero-order valence-corrected chi connectivity index (χ0v) is 20.0. The van der Waals surface area contributed by atoms with Crippen molar-refractivity contribution in [3.05, 3.63) is 89.7 Å². The molecule has 3 aromatic carbocycles. The van der Waals surface area contributed by atoms with Gasteiger partial charge in [-0.3, -0.25) is 9.69 Å². The van der Waals surface area contributed by atoms with Crippen molar-refractivity contribution in [2.45, 2.75) is 25.1 Å². The molecule has 0 aliphatic carbocycles. The van der Waals surface area contributed by atoms with E-state index in [9.17, 15) is 14.0 Å². The normalized spacial score (nSPS) is 23.0. The molecule has 0 aromatic heterocycles. The molecule has 3 aliphatic rings. The Hall–Kier alpha value is -4.07. The maximum absolute atomic E-state index is 13.4. The van der Waals surface area contributed by atoms with Gasteiger partial charge in [0.25, 0.3) is 5.91 Å². The number of benzene rings is 3. The minimum atomic E-state index is -0.871. The third kappa shape index (κ3) is 3.82. The smallest absolute Gasteiger partial charge is 0.325 e. The molecule has 184 valence electrons. The van der Waals surface area contributed by atoms with Crippen LogP contribution in [0, 0.1) is 5.82 Å². The number of carbonyl (C=O) groups excluding carboxylic acids is 2. The van der Waals surface area contributed by atoms with Crippen LogP contribution in [0.25, 0.3) is 0 Å². The number of para-hydroxylation sites is 1. The molecule has 3 aliphatic heterocycles. The number of anilines is 2. The van der Waals surface area contributed by atoms with E-state index in [1.807, 2.05) is 42.2 Å². The molecule has 0 spiro atoms. The minimum absolute atomic E-state index is 0.0778. The SMILES string of the molecule is C[C@]12C[C@H](NC(=O)N1c1cccc(C(=O)N3CCN(c4ccc(F)cc4)CC3)c1)c1ccccc1O2. The minimum Gasteiger partial charge on any atom is -0.467 e. The number of nitrogens with one attached hydrogen (secondary N) is 1. The third-order valence-electron chi connectivity index (χ3n) is 7.29.